The van der Waals surface area contributed by atoms with Crippen molar-refractivity contribution in [3.63, 3.8) is 0 Å². The predicted octanol–water partition coefficient (Wildman–Crippen LogP) is 3.35. The number of rotatable bonds is 8. The monoisotopic (exact) mass is 345 g/mol. The second-order valence-corrected chi connectivity index (χ2v) is 7.59. The van der Waals surface area contributed by atoms with Crippen LogP contribution in [0.2, 0.25) is 0 Å². The summed E-state index contributed by atoms with van der Waals surface area (Å²) in [5.74, 6) is 0.165. The Bertz CT molecular complexity index is 525. The predicted molar refractivity (Wildman–Crippen MR) is 105 cm³/mol. The zero-order valence-corrected chi connectivity index (χ0v) is 16.5. The minimum atomic E-state index is 0.165. The molecule has 1 unspecified atom stereocenters. The lowest BCUT2D eigenvalue weighted by atomic mass is 9.94. The Balaban J connectivity index is 1.91. The fourth-order valence-corrected chi connectivity index (χ4v) is 3.74. The van der Waals surface area contributed by atoms with Crippen molar-refractivity contribution >= 4 is 5.91 Å². The molecule has 1 atom stereocenters. The first-order valence-electron chi connectivity index (χ1n) is 9.78. The molecule has 1 heterocycles. The molecule has 0 radical (unpaired) electrons. The van der Waals surface area contributed by atoms with Gasteiger partial charge in [-0.3, -0.25) is 9.69 Å². The van der Waals surface area contributed by atoms with E-state index in [1.807, 2.05) is 35.2 Å². The van der Waals surface area contributed by atoms with E-state index in [1.165, 1.54) is 19.4 Å². The standard InChI is InChI=1S/C21H35N3O/c1-5-7-13-22(4)18-21(3,6-2)24-16-14-23(15-17-24)20(25)19-11-9-8-10-12-19/h8-12H,5-7,13-18H2,1-4H3. The molecule has 1 amide bonds. The van der Waals surface area contributed by atoms with Gasteiger partial charge in [0, 0.05) is 43.8 Å². The lowest BCUT2D eigenvalue weighted by Crippen LogP contribution is -2.60. The smallest absolute Gasteiger partial charge is 0.253 e. The summed E-state index contributed by atoms with van der Waals surface area (Å²) < 4.78 is 0. The van der Waals surface area contributed by atoms with E-state index in [1.54, 1.807) is 0 Å². The number of amides is 1. The average molecular weight is 346 g/mol. The highest BCUT2D eigenvalue weighted by Crippen LogP contribution is 2.23. The van der Waals surface area contributed by atoms with Gasteiger partial charge in [-0.1, -0.05) is 38.5 Å². The Morgan fingerprint density at radius 3 is 2.32 bits per heavy atom. The van der Waals surface area contributed by atoms with Gasteiger partial charge in [-0.25, -0.2) is 0 Å². The second kappa shape index (κ2) is 9.35. The van der Waals surface area contributed by atoms with E-state index < -0.39 is 0 Å². The molecule has 0 aromatic heterocycles. The van der Waals surface area contributed by atoms with Crippen LogP contribution in [0.3, 0.4) is 0 Å². The maximum absolute atomic E-state index is 12.6. The molecule has 1 aliphatic rings. The van der Waals surface area contributed by atoms with Crippen molar-refractivity contribution in [2.24, 2.45) is 0 Å². The van der Waals surface area contributed by atoms with Gasteiger partial charge in [0.15, 0.2) is 0 Å². The third-order valence-corrected chi connectivity index (χ3v) is 5.62. The minimum absolute atomic E-state index is 0.165. The molecule has 140 valence electrons. The van der Waals surface area contributed by atoms with Crippen LogP contribution < -0.4 is 0 Å². The van der Waals surface area contributed by atoms with E-state index in [-0.39, 0.29) is 11.4 Å². The van der Waals surface area contributed by atoms with Crippen LogP contribution in [-0.4, -0.2) is 72.5 Å². The van der Waals surface area contributed by atoms with Gasteiger partial charge in [0.05, 0.1) is 0 Å². The largest absolute Gasteiger partial charge is 0.336 e. The van der Waals surface area contributed by atoms with Gasteiger partial charge in [-0.05, 0) is 45.5 Å². The zero-order chi connectivity index (χ0) is 18.3. The first-order chi connectivity index (χ1) is 12.0. The fourth-order valence-electron chi connectivity index (χ4n) is 3.74. The normalized spacial score (nSPS) is 18.4. The maximum atomic E-state index is 12.6. The van der Waals surface area contributed by atoms with Crippen molar-refractivity contribution in [2.45, 2.75) is 45.6 Å². The first kappa shape index (κ1) is 19.9. The number of hydrogen-bond acceptors (Lipinski definition) is 3. The molecule has 2 rings (SSSR count). The van der Waals surface area contributed by atoms with Crippen LogP contribution >= 0.6 is 0 Å². The van der Waals surface area contributed by atoms with E-state index in [0.29, 0.717) is 0 Å². The fraction of sp³-hybridized carbons (Fsp3) is 0.667. The van der Waals surface area contributed by atoms with Crippen LogP contribution in [-0.2, 0) is 0 Å². The molecular weight excluding hydrogens is 310 g/mol. The van der Waals surface area contributed by atoms with Crippen LogP contribution in [0, 0.1) is 0 Å². The van der Waals surface area contributed by atoms with Crippen molar-refractivity contribution in [2.75, 3.05) is 46.3 Å². The van der Waals surface area contributed by atoms with Gasteiger partial charge in [0.2, 0.25) is 0 Å². The molecule has 1 fully saturated rings. The summed E-state index contributed by atoms with van der Waals surface area (Å²) in [5.41, 5.74) is 0.984. The van der Waals surface area contributed by atoms with Gasteiger partial charge in [0.25, 0.3) is 5.91 Å². The molecule has 4 nitrogen and oxygen atoms in total. The summed E-state index contributed by atoms with van der Waals surface area (Å²) in [6, 6.07) is 9.64. The molecule has 0 spiro atoms. The van der Waals surface area contributed by atoms with Crippen molar-refractivity contribution in [1.29, 1.82) is 0 Å². The van der Waals surface area contributed by atoms with Crippen LogP contribution in [0.5, 0.6) is 0 Å². The molecule has 0 saturated carbocycles. The van der Waals surface area contributed by atoms with Crippen LogP contribution in [0.25, 0.3) is 0 Å². The van der Waals surface area contributed by atoms with Gasteiger partial charge in [-0.15, -0.1) is 0 Å². The summed E-state index contributed by atoms with van der Waals surface area (Å²) in [5, 5.41) is 0. The van der Waals surface area contributed by atoms with Crippen LogP contribution in [0.1, 0.15) is 50.4 Å². The molecule has 1 aromatic carbocycles. The van der Waals surface area contributed by atoms with E-state index >= 15 is 0 Å². The van der Waals surface area contributed by atoms with Crippen molar-refractivity contribution < 1.29 is 4.79 Å². The number of piperazine rings is 1. The highest BCUT2D eigenvalue weighted by Gasteiger charge is 2.34. The number of carbonyl (C=O) groups excluding carboxylic acids is 1. The van der Waals surface area contributed by atoms with Crippen molar-refractivity contribution in [3.8, 4) is 0 Å². The third-order valence-electron chi connectivity index (χ3n) is 5.62. The van der Waals surface area contributed by atoms with Crippen LogP contribution in [0.15, 0.2) is 30.3 Å². The SMILES string of the molecule is CCCCN(C)CC(C)(CC)N1CCN(C(=O)c2ccccc2)CC1. The van der Waals surface area contributed by atoms with Crippen molar-refractivity contribution in [3.05, 3.63) is 35.9 Å². The van der Waals surface area contributed by atoms with E-state index in [9.17, 15) is 4.79 Å². The van der Waals surface area contributed by atoms with E-state index in [4.69, 9.17) is 0 Å². The summed E-state index contributed by atoms with van der Waals surface area (Å²) in [4.78, 5) is 19.7. The second-order valence-electron chi connectivity index (χ2n) is 7.59. The lowest BCUT2D eigenvalue weighted by Gasteiger charge is -2.47. The number of carbonyl (C=O) groups is 1. The number of hydrogen-bond donors (Lipinski definition) is 0. The molecule has 0 bridgehead atoms. The Morgan fingerprint density at radius 2 is 1.76 bits per heavy atom. The molecule has 1 aliphatic heterocycles. The Hall–Kier alpha value is -1.39. The van der Waals surface area contributed by atoms with Gasteiger partial charge >= 0.3 is 0 Å². The molecule has 0 aliphatic carbocycles. The summed E-state index contributed by atoms with van der Waals surface area (Å²) in [7, 11) is 2.23. The molecule has 1 saturated heterocycles. The Labute approximate surface area is 153 Å². The Kier molecular flexibility index (Phi) is 7.45. The topological polar surface area (TPSA) is 26.8 Å². The molecular formula is C21H35N3O. The average Bonchev–Trinajstić information content (AvgIpc) is 2.66. The van der Waals surface area contributed by atoms with E-state index in [2.05, 4.69) is 37.6 Å². The summed E-state index contributed by atoms with van der Waals surface area (Å²) in [6.45, 7) is 12.7. The molecule has 25 heavy (non-hydrogen) atoms. The summed E-state index contributed by atoms with van der Waals surface area (Å²) in [6.07, 6.45) is 3.64. The molecule has 1 aromatic rings. The highest BCUT2D eigenvalue weighted by atomic mass is 16.2. The maximum Gasteiger partial charge on any atom is 0.253 e. The Morgan fingerprint density at radius 1 is 1.12 bits per heavy atom. The van der Waals surface area contributed by atoms with Gasteiger partial charge in [-0.2, -0.15) is 0 Å². The summed E-state index contributed by atoms with van der Waals surface area (Å²) >= 11 is 0. The quantitative estimate of drug-likeness (QED) is 0.723. The molecule has 4 heteroatoms. The number of unbranched alkanes of at least 4 members (excludes halogenated alkanes) is 1. The van der Waals surface area contributed by atoms with Crippen molar-refractivity contribution in [1.82, 2.24) is 14.7 Å². The minimum Gasteiger partial charge on any atom is -0.336 e. The third kappa shape index (κ3) is 5.29. The zero-order valence-electron chi connectivity index (χ0n) is 16.5. The lowest BCUT2D eigenvalue weighted by molar-refractivity contribution is 0.0189. The number of benzene rings is 1. The number of likely N-dealkylation sites (N-methyl/N-ethyl adjacent to an activating group) is 1. The van der Waals surface area contributed by atoms with Crippen LogP contribution in [0.4, 0.5) is 0 Å². The van der Waals surface area contributed by atoms with Gasteiger partial charge in [0.1, 0.15) is 0 Å². The van der Waals surface area contributed by atoms with E-state index in [0.717, 1.165) is 44.7 Å². The number of nitrogens with zero attached hydrogens (tertiary/aromatic N) is 3. The van der Waals surface area contributed by atoms with Gasteiger partial charge < -0.3 is 9.80 Å². The first-order valence-corrected chi connectivity index (χ1v) is 9.78. The molecule has 0 N–H and O–H groups in total. The highest BCUT2D eigenvalue weighted by molar-refractivity contribution is 5.94.